The van der Waals surface area contributed by atoms with Crippen molar-refractivity contribution in [3.8, 4) is 11.5 Å². The van der Waals surface area contributed by atoms with Gasteiger partial charge in [0.25, 0.3) is 0 Å². The molecule has 1 amide bonds. The van der Waals surface area contributed by atoms with E-state index in [1.165, 1.54) is 6.92 Å². The molecule has 1 aromatic heterocycles. The fraction of sp³-hybridized carbons (Fsp3) is 0.118. The van der Waals surface area contributed by atoms with Gasteiger partial charge in [0.1, 0.15) is 5.52 Å². The van der Waals surface area contributed by atoms with Gasteiger partial charge >= 0.3 is 0 Å². The summed E-state index contributed by atoms with van der Waals surface area (Å²) < 4.78 is 5.79. The van der Waals surface area contributed by atoms with Crippen molar-refractivity contribution in [3.05, 3.63) is 47.0 Å². The Hall–Kier alpha value is -2.44. The third kappa shape index (κ3) is 3.55. The topological polar surface area (TPSA) is 67.2 Å². The lowest BCUT2D eigenvalue weighted by atomic mass is 10.2. The number of carbonyl (C=O) groups excluding carboxylic acids is 1. The molecule has 0 radical (unpaired) electrons. The number of fused-ring (bicyclic) bond motifs is 1. The second kappa shape index (κ2) is 6.59. The number of hydrogen-bond acceptors (Lipinski definition) is 4. The van der Waals surface area contributed by atoms with Crippen LogP contribution in [-0.2, 0) is 4.79 Å². The van der Waals surface area contributed by atoms with E-state index in [1.807, 2.05) is 31.2 Å². The number of halogens is 1. The summed E-state index contributed by atoms with van der Waals surface area (Å²) in [5.74, 6) is 0.231. The SMILES string of the molecule is CC(=O)NC(=S)Nc1cc(-c2nc3cc(C)ccc3o2)ccc1Cl. The van der Waals surface area contributed by atoms with E-state index in [-0.39, 0.29) is 11.0 Å². The van der Waals surface area contributed by atoms with Crippen LogP contribution in [0, 0.1) is 6.92 Å². The molecule has 2 N–H and O–H groups in total. The van der Waals surface area contributed by atoms with Crippen LogP contribution >= 0.6 is 23.8 Å². The molecule has 0 aliphatic carbocycles. The van der Waals surface area contributed by atoms with E-state index in [9.17, 15) is 4.79 Å². The van der Waals surface area contributed by atoms with Gasteiger partial charge in [-0.2, -0.15) is 0 Å². The largest absolute Gasteiger partial charge is 0.436 e. The minimum absolute atomic E-state index is 0.176. The number of nitrogens with one attached hydrogen (secondary N) is 2. The number of thiocarbonyl (C=S) groups is 1. The monoisotopic (exact) mass is 359 g/mol. The Morgan fingerprint density at radius 3 is 2.79 bits per heavy atom. The second-order valence-electron chi connectivity index (χ2n) is 5.32. The molecule has 0 spiro atoms. The van der Waals surface area contributed by atoms with Crippen molar-refractivity contribution in [1.29, 1.82) is 0 Å². The second-order valence-corrected chi connectivity index (χ2v) is 6.14. The Labute approximate surface area is 149 Å². The molecular formula is C17H14ClN3O2S. The van der Waals surface area contributed by atoms with Crippen LogP contribution in [0.3, 0.4) is 0 Å². The molecule has 7 heteroatoms. The Balaban J connectivity index is 1.94. The molecule has 5 nitrogen and oxygen atoms in total. The molecule has 1 heterocycles. The summed E-state index contributed by atoms with van der Waals surface area (Å²) in [6.45, 7) is 3.38. The van der Waals surface area contributed by atoms with Gasteiger partial charge in [-0.05, 0) is 55.0 Å². The molecule has 0 saturated heterocycles. The van der Waals surface area contributed by atoms with E-state index in [2.05, 4.69) is 15.6 Å². The summed E-state index contributed by atoms with van der Waals surface area (Å²) in [4.78, 5) is 15.6. The molecule has 3 rings (SSSR count). The minimum atomic E-state index is -0.255. The van der Waals surface area contributed by atoms with E-state index >= 15 is 0 Å². The third-order valence-electron chi connectivity index (χ3n) is 3.29. The van der Waals surface area contributed by atoms with E-state index in [1.54, 1.807) is 12.1 Å². The van der Waals surface area contributed by atoms with Crippen LogP contribution in [0.4, 0.5) is 5.69 Å². The van der Waals surface area contributed by atoms with E-state index < -0.39 is 0 Å². The van der Waals surface area contributed by atoms with Gasteiger partial charge < -0.3 is 15.1 Å². The molecule has 0 unspecified atom stereocenters. The first kappa shape index (κ1) is 16.4. The van der Waals surface area contributed by atoms with Gasteiger partial charge in [0.2, 0.25) is 11.8 Å². The van der Waals surface area contributed by atoms with Gasteiger partial charge in [-0.3, -0.25) is 4.79 Å². The number of aryl methyl sites for hydroxylation is 1. The number of carbonyl (C=O) groups is 1. The highest BCUT2D eigenvalue weighted by atomic mass is 35.5. The van der Waals surface area contributed by atoms with Gasteiger partial charge in [-0.1, -0.05) is 17.7 Å². The van der Waals surface area contributed by atoms with Crippen molar-refractivity contribution in [1.82, 2.24) is 10.3 Å². The standard InChI is InChI=1S/C17H14ClN3O2S/c1-9-3-6-15-14(7-9)20-16(23-15)11-4-5-12(18)13(8-11)21-17(24)19-10(2)22/h3-8H,1-2H3,(H2,19,21,22,24). The van der Waals surface area contributed by atoms with Crippen molar-refractivity contribution >= 4 is 51.6 Å². The predicted molar refractivity (Wildman–Crippen MR) is 99.2 cm³/mol. The predicted octanol–water partition coefficient (Wildman–Crippen LogP) is 4.29. The first-order chi connectivity index (χ1) is 11.4. The molecule has 24 heavy (non-hydrogen) atoms. The van der Waals surface area contributed by atoms with Crippen molar-refractivity contribution in [3.63, 3.8) is 0 Å². The maximum atomic E-state index is 11.0. The summed E-state index contributed by atoms with van der Waals surface area (Å²) in [5.41, 5.74) is 3.94. The molecule has 122 valence electrons. The molecule has 0 aliphatic heterocycles. The maximum absolute atomic E-state index is 11.0. The zero-order valence-corrected chi connectivity index (χ0v) is 14.6. The van der Waals surface area contributed by atoms with Gasteiger partial charge in [-0.15, -0.1) is 0 Å². The highest BCUT2D eigenvalue weighted by Crippen LogP contribution is 2.30. The summed E-state index contributed by atoms with van der Waals surface area (Å²) in [7, 11) is 0. The lowest BCUT2D eigenvalue weighted by Gasteiger charge is -2.10. The van der Waals surface area contributed by atoms with Crippen molar-refractivity contribution in [2.75, 3.05) is 5.32 Å². The summed E-state index contributed by atoms with van der Waals surface area (Å²) in [5, 5.41) is 6.03. The zero-order valence-electron chi connectivity index (χ0n) is 13.0. The summed E-state index contributed by atoms with van der Waals surface area (Å²) >= 11 is 11.2. The quantitative estimate of drug-likeness (QED) is 0.668. The van der Waals surface area contributed by atoms with Gasteiger partial charge in [-0.25, -0.2) is 4.98 Å². The van der Waals surface area contributed by atoms with Gasteiger partial charge in [0.15, 0.2) is 10.7 Å². The molecule has 0 fully saturated rings. The maximum Gasteiger partial charge on any atom is 0.227 e. The van der Waals surface area contributed by atoms with Gasteiger partial charge in [0, 0.05) is 12.5 Å². The van der Waals surface area contributed by atoms with Gasteiger partial charge in [0.05, 0.1) is 10.7 Å². The van der Waals surface area contributed by atoms with Crippen LogP contribution in [0.1, 0.15) is 12.5 Å². The van der Waals surface area contributed by atoms with Crippen LogP contribution in [0.2, 0.25) is 5.02 Å². The number of oxazole rings is 1. The highest BCUT2D eigenvalue weighted by Gasteiger charge is 2.11. The van der Waals surface area contributed by atoms with Crippen LogP contribution in [0.25, 0.3) is 22.6 Å². The van der Waals surface area contributed by atoms with Crippen molar-refractivity contribution in [2.24, 2.45) is 0 Å². The number of nitrogens with zero attached hydrogens (tertiary/aromatic N) is 1. The smallest absolute Gasteiger partial charge is 0.227 e. The number of rotatable bonds is 2. The van der Waals surface area contributed by atoms with Crippen molar-refractivity contribution in [2.45, 2.75) is 13.8 Å². The molecule has 2 aromatic carbocycles. The zero-order chi connectivity index (χ0) is 17.3. The van der Waals surface area contributed by atoms with E-state index in [4.69, 9.17) is 28.2 Å². The third-order valence-corrected chi connectivity index (χ3v) is 3.83. The van der Waals surface area contributed by atoms with Crippen LogP contribution in [0.15, 0.2) is 40.8 Å². The number of anilines is 1. The number of amides is 1. The molecule has 0 saturated carbocycles. The lowest BCUT2D eigenvalue weighted by Crippen LogP contribution is -2.32. The first-order valence-electron chi connectivity index (χ1n) is 7.18. The first-order valence-corrected chi connectivity index (χ1v) is 7.96. The molecule has 0 bridgehead atoms. The van der Waals surface area contributed by atoms with Crippen molar-refractivity contribution < 1.29 is 9.21 Å². The van der Waals surface area contributed by atoms with Crippen LogP contribution < -0.4 is 10.6 Å². The number of aromatic nitrogens is 1. The van der Waals surface area contributed by atoms with E-state index in [0.29, 0.717) is 22.2 Å². The Morgan fingerprint density at radius 1 is 1.25 bits per heavy atom. The molecular weight excluding hydrogens is 346 g/mol. The fourth-order valence-corrected chi connectivity index (χ4v) is 2.65. The van der Waals surface area contributed by atoms with E-state index in [0.717, 1.165) is 16.6 Å². The average molecular weight is 360 g/mol. The Morgan fingerprint density at radius 2 is 2.04 bits per heavy atom. The minimum Gasteiger partial charge on any atom is -0.436 e. The Kier molecular flexibility index (Phi) is 4.51. The van der Waals surface area contributed by atoms with Crippen LogP contribution in [0.5, 0.6) is 0 Å². The normalized spacial score (nSPS) is 10.6. The Bertz CT molecular complexity index is 952. The molecule has 0 atom stereocenters. The number of hydrogen-bond donors (Lipinski definition) is 2. The highest BCUT2D eigenvalue weighted by molar-refractivity contribution is 7.80. The summed E-state index contributed by atoms with van der Waals surface area (Å²) in [6, 6.07) is 11.1. The summed E-state index contributed by atoms with van der Waals surface area (Å²) in [6.07, 6.45) is 0. The molecule has 3 aromatic rings. The molecule has 0 aliphatic rings. The average Bonchev–Trinajstić information content (AvgIpc) is 2.91. The fourth-order valence-electron chi connectivity index (χ4n) is 2.23. The lowest BCUT2D eigenvalue weighted by molar-refractivity contribution is -0.117. The number of benzene rings is 2. The van der Waals surface area contributed by atoms with Crippen LogP contribution in [-0.4, -0.2) is 16.0 Å².